The van der Waals surface area contributed by atoms with Crippen LogP contribution < -0.4 is 5.32 Å². The maximum absolute atomic E-state index is 13.6. The first-order valence-electron chi connectivity index (χ1n) is 12.4. The lowest BCUT2D eigenvalue weighted by Gasteiger charge is -2.31. The van der Waals surface area contributed by atoms with Gasteiger partial charge in [-0.1, -0.05) is 37.6 Å². The molecule has 0 aliphatic carbocycles. The first-order chi connectivity index (χ1) is 17.1. The van der Waals surface area contributed by atoms with Gasteiger partial charge in [0, 0.05) is 17.9 Å². The van der Waals surface area contributed by atoms with Crippen molar-refractivity contribution in [2.45, 2.75) is 39.2 Å². The molecular formula is C29H31FN4O. The molecule has 2 heterocycles. The lowest BCUT2D eigenvalue weighted by Crippen LogP contribution is -2.40. The molecule has 4 aromatic rings. The minimum absolute atomic E-state index is 0.0669. The number of nitrogens with zero attached hydrogens (tertiary/aromatic N) is 3. The summed E-state index contributed by atoms with van der Waals surface area (Å²) in [7, 11) is 0. The minimum Gasteiger partial charge on any atom is -0.326 e. The van der Waals surface area contributed by atoms with Gasteiger partial charge >= 0.3 is 0 Å². The molecule has 1 aliphatic heterocycles. The van der Waals surface area contributed by atoms with Crippen molar-refractivity contribution in [3.05, 3.63) is 90.0 Å². The van der Waals surface area contributed by atoms with Gasteiger partial charge in [-0.2, -0.15) is 0 Å². The van der Waals surface area contributed by atoms with Crippen LogP contribution in [-0.2, 0) is 17.8 Å². The van der Waals surface area contributed by atoms with Crippen LogP contribution in [0.1, 0.15) is 37.6 Å². The van der Waals surface area contributed by atoms with E-state index in [9.17, 15) is 9.18 Å². The van der Waals surface area contributed by atoms with E-state index in [0.29, 0.717) is 13.1 Å². The average molecular weight is 471 g/mol. The Morgan fingerprint density at radius 1 is 1.06 bits per heavy atom. The zero-order valence-corrected chi connectivity index (χ0v) is 20.1. The molecule has 1 fully saturated rings. The molecule has 3 aromatic carbocycles. The number of hydrogen-bond acceptors (Lipinski definition) is 3. The van der Waals surface area contributed by atoms with Gasteiger partial charge in [0.2, 0.25) is 5.91 Å². The number of benzene rings is 3. The van der Waals surface area contributed by atoms with Gasteiger partial charge in [-0.15, -0.1) is 0 Å². The van der Waals surface area contributed by atoms with Crippen molar-refractivity contribution in [3.8, 4) is 5.69 Å². The fourth-order valence-corrected chi connectivity index (χ4v) is 4.96. The molecule has 180 valence electrons. The number of halogens is 1. The molecule has 1 saturated heterocycles. The summed E-state index contributed by atoms with van der Waals surface area (Å²) < 4.78 is 15.7. The Balaban J connectivity index is 1.31. The largest absolute Gasteiger partial charge is 0.326 e. The predicted molar refractivity (Wildman–Crippen MR) is 138 cm³/mol. The Morgan fingerprint density at radius 2 is 1.83 bits per heavy atom. The molecule has 1 amide bonds. The van der Waals surface area contributed by atoms with Crippen LogP contribution in [0.4, 0.5) is 10.1 Å². The van der Waals surface area contributed by atoms with E-state index in [0.717, 1.165) is 60.5 Å². The third-order valence-electron chi connectivity index (χ3n) is 6.72. The van der Waals surface area contributed by atoms with E-state index in [2.05, 4.69) is 33.8 Å². The van der Waals surface area contributed by atoms with E-state index in [1.54, 1.807) is 12.1 Å². The van der Waals surface area contributed by atoms with Gasteiger partial charge in [-0.25, -0.2) is 9.37 Å². The molecule has 0 saturated carbocycles. The second-order valence-corrected chi connectivity index (χ2v) is 9.34. The van der Waals surface area contributed by atoms with Crippen LogP contribution in [-0.4, -0.2) is 33.4 Å². The number of aryl methyl sites for hydroxylation is 1. The molecule has 6 heteroatoms. The van der Waals surface area contributed by atoms with Crippen LogP contribution in [0.15, 0.2) is 72.8 Å². The summed E-state index contributed by atoms with van der Waals surface area (Å²) in [6, 6.07) is 22.7. The van der Waals surface area contributed by atoms with Gasteiger partial charge in [0.1, 0.15) is 11.6 Å². The fraction of sp³-hybridized carbons (Fsp3) is 0.310. The molecule has 0 unspecified atom stereocenters. The average Bonchev–Trinajstić information content (AvgIpc) is 3.24. The fourth-order valence-electron chi connectivity index (χ4n) is 4.96. The number of para-hydroxylation sites is 2. The van der Waals surface area contributed by atoms with Crippen molar-refractivity contribution in [2.75, 3.05) is 18.4 Å². The highest BCUT2D eigenvalue weighted by molar-refractivity contribution is 5.92. The van der Waals surface area contributed by atoms with E-state index in [1.165, 1.54) is 17.7 Å². The van der Waals surface area contributed by atoms with Crippen molar-refractivity contribution in [1.82, 2.24) is 14.5 Å². The van der Waals surface area contributed by atoms with Crippen LogP contribution in [0, 0.1) is 11.7 Å². The van der Waals surface area contributed by atoms with Gasteiger partial charge in [-0.05, 0) is 79.9 Å². The number of rotatable bonds is 7. The molecule has 1 N–H and O–H groups in total. The van der Waals surface area contributed by atoms with Gasteiger partial charge < -0.3 is 5.32 Å². The Labute approximate surface area is 205 Å². The monoisotopic (exact) mass is 470 g/mol. The summed E-state index contributed by atoms with van der Waals surface area (Å²) in [5.41, 5.74) is 4.92. The number of amides is 1. The molecule has 0 spiro atoms. The number of piperidine rings is 1. The second kappa shape index (κ2) is 10.4. The number of fused-ring (bicyclic) bond motifs is 1. The summed E-state index contributed by atoms with van der Waals surface area (Å²) in [4.78, 5) is 20.2. The van der Waals surface area contributed by atoms with Crippen molar-refractivity contribution < 1.29 is 9.18 Å². The number of likely N-dealkylation sites (tertiary alicyclic amines) is 1. The highest BCUT2D eigenvalue weighted by atomic mass is 19.1. The number of nitrogens with one attached hydrogen (secondary N) is 1. The molecule has 0 bridgehead atoms. The molecule has 5 rings (SSSR count). The van der Waals surface area contributed by atoms with Crippen molar-refractivity contribution in [1.29, 1.82) is 0 Å². The molecule has 1 aromatic heterocycles. The van der Waals surface area contributed by atoms with Crippen LogP contribution in [0.25, 0.3) is 16.7 Å². The third-order valence-corrected chi connectivity index (χ3v) is 6.72. The Morgan fingerprint density at radius 3 is 2.60 bits per heavy atom. The van der Waals surface area contributed by atoms with E-state index in [1.807, 2.05) is 36.4 Å². The van der Waals surface area contributed by atoms with Crippen molar-refractivity contribution >= 4 is 22.6 Å². The summed E-state index contributed by atoms with van der Waals surface area (Å²) in [5.74, 6) is 0.641. The van der Waals surface area contributed by atoms with Crippen LogP contribution >= 0.6 is 0 Å². The molecule has 35 heavy (non-hydrogen) atoms. The number of aromatic nitrogens is 2. The lowest BCUT2D eigenvalue weighted by atomic mass is 9.97. The Bertz CT molecular complexity index is 1300. The number of carbonyl (C=O) groups excluding carboxylic acids is 1. The SMILES string of the molecule is CCCc1ccc(NC(=O)[C@H]2CCCN(Cc3nc4ccccc4n3-c3ccc(F)cc3)C2)cc1. The maximum Gasteiger partial charge on any atom is 0.228 e. The quantitative estimate of drug-likeness (QED) is 0.362. The zero-order valence-electron chi connectivity index (χ0n) is 20.1. The molecule has 1 atom stereocenters. The molecule has 0 radical (unpaired) electrons. The van der Waals surface area contributed by atoms with Crippen LogP contribution in [0.2, 0.25) is 0 Å². The van der Waals surface area contributed by atoms with Gasteiger partial charge in [0.05, 0.1) is 23.5 Å². The second-order valence-electron chi connectivity index (χ2n) is 9.34. The maximum atomic E-state index is 13.6. The number of hydrogen-bond donors (Lipinski definition) is 1. The first-order valence-corrected chi connectivity index (χ1v) is 12.4. The Hall–Kier alpha value is -3.51. The lowest BCUT2D eigenvalue weighted by molar-refractivity contribution is -0.121. The number of anilines is 1. The normalized spacial score (nSPS) is 16.5. The van der Waals surface area contributed by atoms with E-state index in [4.69, 9.17) is 4.98 Å². The van der Waals surface area contributed by atoms with Crippen LogP contribution in [0.3, 0.4) is 0 Å². The van der Waals surface area contributed by atoms with Gasteiger partial charge in [-0.3, -0.25) is 14.3 Å². The summed E-state index contributed by atoms with van der Waals surface area (Å²) in [6.45, 7) is 4.40. The first kappa shape index (κ1) is 23.2. The summed E-state index contributed by atoms with van der Waals surface area (Å²) >= 11 is 0. The standard InChI is InChI=1S/C29H31FN4O/c1-2-6-21-10-14-24(15-11-21)31-29(35)22-7-5-18-33(19-22)20-28-32-26-8-3-4-9-27(26)34(28)25-16-12-23(30)13-17-25/h3-4,8-17,22H,2,5-7,18-20H2,1H3,(H,31,35)/t22-/m0/s1. The molecule has 5 nitrogen and oxygen atoms in total. The molecule has 1 aliphatic rings. The highest BCUT2D eigenvalue weighted by Crippen LogP contribution is 2.25. The van der Waals surface area contributed by atoms with E-state index in [-0.39, 0.29) is 17.6 Å². The smallest absolute Gasteiger partial charge is 0.228 e. The van der Waals surface area contributed by atoms with E-state index < -0.39 is 0 Å². The highest BCUT2D eigenvalue weighted by Gasteiger charge is 2.27. The predicted octanol–water partition coefficient (Wildman–Crippen LogP) is 5.97. The minimum atomic E-state index is -0.260. The van der Waals surface area contributed by atoms with E-state index >= 15 is 0 Å². The van der Waals surface area contributed by atoms with Gasteiger partial charge in [0.25, 0.3) is 0 Å². The van der Waals surface area contributed by atoms with Crippen molar-refractivity contribution in [3.63, 3.8) is 0 Å². The topological polar surface area (TPSA) is 50.2 Å². The zero-order chi connectivity index (χ0) is 24.2. The van der Waals surface area contributed by atoms with Crippen molar-refractivity contribution in [2.24, 2.45) is 5.92 Å². The number of carbonyl (C=O) groups is 1. The third kappa shape index (κ3) is 5.28. The summed E-state index contributed by atoms with van der Waals surface area (Å²) in [5, 5.41) is 3.11. The Kier molecular flexibility index (Phi) is 6.91. The molecular weight excluding hydrogens is 439 g/mol. The summed E-state index contributed by atoms with van der Waals surface area (Å²) in [6.07, 6.45) is 4.00. The van der Waals surface area contributed by atoms with Crippen LogP contribution in [0.5, 0.6) is 0 Å². The number of imidazole rings is 1. The van der Waals surface area contributed by atoms with Gasteiger partial charge in [0.15, 0.2) is 0 Å².